The molecule has 0 bridgehead atoms. The van der Waals surface area contributed by atoms with E-state index in [4.69, 9.17) is 17.0 Å². The lowest BCUT2D eigenvalue weighted by Gasteiger charge is -2.12. The van der Waals surface area contributed by atoms with Gasteiger partial charge in [0.15, 0.2) is 5.11 Å². The van der Waals surface area contributed by atoms with Crippen molar-refractivity contribution in [2.75, 3.05) is 11.9 Å². The summed E-state index contributed by atoms with van der Waals surface area (Å²) >= 11 is 8.32. The number of hydrogen-bond acceptors (Lipinski definition) is 6. The molecule has 2 heterocycles. The van der Waals surface area contributed by atoms with Gasteiger partial charge in [-0.3, -0.25) is 10.1 Å². The van der Waals surface area contributed by atoms with Gasteiger partial charge >= 0.3 is 5.97 Å². The average molecular weight is 421 g/mol. The molecular formula is C19H20N2O3S3. The molecule has 0 fully saturated rings. The van der Waals surface area contributed by atoms with Crippen molar-refractivity contribution in [1.29, 1.82) is 0 Å². The van der Waals surface area contributed by atoms with Crippen LogP contribution in [-0.2, 0) is 22.4 Å². The van der Waals surface area contributed by atoms with E-state index < -0.39 is 0 Å². The second kappa shape index (κ2) is 9.25. The smallest absolute Gasteiger partial charge is 0.341 e. The van der Waals surface area contributed by atoms with Crippen molar-refractivity contribution >= 4 is 63.0 Å². The monoisotopic (exact) mass is 420 g/mol. The fraction of sp³-hybridized carbons (Fsp3) is 0.316. The second-order valence-electron chi connectivity index (χ2n) is 5.93. The highest BCUT2D eigenvalue weighted by molar-refractivity contribution is 7.80. The highest BCUT2D eigenvalue weighted by Gasteiger charge is 2.26. The van der Waals surface area contributed by atoms with Crippen LogP contribution in [0.1, 0.15) is 45.4 Å². The van der Waals surface area contributed by atoms with Crippen LogP contribution in [0.25, 0.3) is 6.08 Å². The number of thiophene rings is 2. The highest BCUT2D eigenvalue weighted by Crippen LogP contribution is 2.38. The van der Waals surface area contributed by atoms with Crippen molar-refractivity contribution in [3.63, 3.8) is 0 Å². The number of anilines is 1. The summed E-state index contributed by atoms with van der Waals surface area (Å²) < 4.78 is 5.22. The number of fused-ring (bicyclic) bond motifs is 1. The number of nitrogens with one attached hydrogen (secondary N) is 2. The zero-order valence-electron chi connectivity index (χ0n) is 14.9. The molecule has 0 spiro atoms. The lowest BCUT2D eigenvalue weighted by Crippen LogP contribution is -2.33. The van der Waals surface area contributed by atoms with Crippen molar-refractivity contribution in [3.05, 3.63) is 44.5 Å². The molecule has 142 valence electrons. The Morgan fingerprint density at radius 1 is 1.33 bits per heavy atom. The van der Waals surface area contributed by atoms with E-state index in [1.54, 1.807) is 24.3 Å². The average Bonchev–Trinajstić information content (AvgIpc) is 3.27. The summed E-state index contributed by atoms with van der Waals surface area (Å²) in [5.74, 6) is -0.661. The van der Waals surface area contributed by atoms with Gasteiger partial charge in [-0.05, 0) is 67.9 Å². The lowest BCUT2D eigenvalue weighted by molar-refractivity contribution is -0.115. The van der Waals surface area contributed by atoms with Crippen LogP contribution >= 0.6 is 34.9 Å². The van der Waals surface area contributed by atoms with Crippen LogP contribution in [0.4, 0.5) is 5.00 Å². The Labute approximate surface area is 171 Å². The number of rotatable bonds is 5. The summed E-state index contributed by atoms with van der Waals surface area (Å²) in [6.45, 7) is 2.10. The zero-order valence-corrected chi connectivity index (χ0v) is 17.3. The van der Waals surface area contributed by atoms with Gasteiger partial charge in [-0.25, -0.2) is 4.79 Å². The van der Waals surface area contributed by atoms with Crippen molar-refractivity contribution < 1.29 is 14.3 Å². The summed E-state index contributed by atoms with van der Waals surface area (Å²) in [6, 6.07) is 3.84. The highest BCUT2D eigenvalue weighted by atomic mass is 32.1. The molecule has 8 heteroatoms. The van der Waals surface area contributed by atoms with E-state index in [0.29, 0.717) is 17.2 Å². The molecule has 0 radical (unpaired) electrons. The first-order valence-corrected chi connectivity index (χ1v) is 10.8. The van der Waals surface area contributed by atoms with Crippen LogP contribution < -0.4 is 10.6 Å². The van der Waals surface area contributed by atoms with E-state index in [1.807, 2.05) is 17.5 Å². The Kier molecular flexibility index (Phi) is 6.76. The minimum Gasteiger partial charge on any atom is -0.462 e. The van der Waals surface area contributed by atoms with Crippen LogP contribution in [0.5, 0.6) is 0 Å². The normalized spacial score (nSPS) is 13.2. The molecular weight excluding hydrogens is 400 g/mol. The molecule has 0 unspecified atom stereocenters. The molecule has 0 aliphatic heterocycles. The number of amides is 1. The van der Waals surface area contributed by atoms with E-state index in [-0.39, 0.29) is 17.0 Å². The predicted molar refractivity (Wildman–Crippen MR) is 115 cm³/mol. The maximum atomic E-state index is 12.4. The molecule has 1 amide bonds. The topological polar surface area (TPSA) is 67.4 Å². The molecule has 2 aromatic rings. The third-order valence-electron chi connectivity index (χ3n) is 4.06. The Hall–Kier alpha value is -2.03. The summed E-state index contributed by atoms with van der Waals surface area (Å²) in [6.07, 6.45) is 7.16. The Morgan fingerprint density at radius 3 is 2.89 bits per heavy atom. The van der Waals surface area contributed by atoms with Gasteiger partial charge in [-0.15, -0.1) is 22.7 Å². The maximum Gasteiger partial charge on any atom is 0.341 e. The van der Waals surface area contributed by atoms with E-state index in [1.165, 1.54) is 22.3 Å². The van der Waals surface area contributed by atoms with Crippen LogP contribution in [0.3, 0.4) is 0 Å². The van der Waals surface area contributed by atoms with Crippen LogP contribution in [0.2, 0.25) is 0 Å². The summed E-state index contributed by atoms with van der Waals surface area (Å²) in [5, 5.41) is 8.40. The number of carbonyl (C=O) groups is 2. The number of hydrogen-bond donors (Lipinski definition) is 2. The van der Waals surface area contributed by atoms with Gasteiger partial charge in [0, 0.05) is 15.8 Å². The third-order valence-corrected chi connectivity index (χ3v) is 6.31. The van der Waals surface area contributed by atoms with Crippen LogP contribution in [0.15, 0.2) is 23.6 Å². The Balaban J connectivity index is 1.70. The number of thiocarbonyl (C=S) groups is 1. The summed E-state index contributed by atoms with van der Waals surface area (Å²) in [7, 11) is 0. The molecule has 0 aromatic carbocycles. The van der Waals surface area contributed by atoms with Crippen molar-refractivity contribution in [2.45, 2.75) is 32.6 Å². The van der Waals surface area contributed by atoms with Gasteiger partial charge in [0.25, 0.3) is 0 Å². The standard InChI is InChI=1S/C19H20N2O3S3/c1-2-24-18(23)16-13-7-3-4-8-14(13)27-17(16)21-19(25)20-15(22)10-9-12-6-5-11-26-12/h5-6,9-11H,2-4,7-8H2,1H3,(H2,20,21,22,25)/b10-9-. The Bertz CT molecular complexity index is 869. The van der Waals surface area contributed by atoms with Crippen molar-refractivity contribution in [3.8, 4) is 0 Å². The molecule has 0 atom stereocenters. The molecule has 0 saturated carbocycles. The third kappa shape index (κ3) is 5.03. The fourth-order valence-electron chi connectivity index (χ4n) is 2.90. The van der Waals surface area contributed by atoms with Gasteiger partial charge in [0.1, 0.15) is 5.00 Å². The summed E-state index contributed by atoms with van der Waals surface area (Å²) in [5.41, 5.74) is 1.61. The molecule has 1 aliphatic carbocycles. The van der Waals surface area contributed by atoms with E-state index in [2.05, 4.69) is 10.6 Å². The molecule has 2 N–H and O–H groups in total. The van der Waals surface area contributed by atoms with Gasteiger partial charge in [-0.2, -0.15) is 0 Å². The summed E-state index contributed by atoms with van der Waals surface area (Å²) in [4.78, 5) is 26.7. The first kappa shape index (κ1) is 19.7. The predicted octanol–water partition coefficient (Wildman–Crippen LogP) is 4.39. The maximum absolute atomic E-state index is 12.4. The Morgan fingerprint density at radius 2 is 2.15 bits per heavy atom. The van der Waals surface area contributed by atoms with Gasteiger partial charge < -0.3 is 10.1 Å². The molecule has 3 rings (SSSR count). The van der Waals surface area contributed by atoms with Crippen LogP contribution in [0, 0.1) is 0 Å². The van der Waals surface area contributed by atoms with Crippen LogP contribution in [-0.4, -0.2) is 23.6 Å². The van der Waals surface area contributed by atoms with E-state index in [0.717, 1.165) is 36.1 Å². The molecule has 27 heavy (non-hydrogen) atoms. The number of esters is 1. The van der Waals surface area contributed by atoms with Gasteiger partial charge in [0.2, 0.25) is 5.91 Å². The van der Waals surface area contributed by atoms with Crippen molar-refractivity contribution in [2.24, 2.45) is 0 Å². The van der Waals surface area contributed by atoms with E-state index >= 15 is 0 Å². The lowest BCUT2D eigenvalue weighted by atomic mass is 9.95. The van der Waals surface area contributed by atoms with Crippen molar-refractivity contribution in [1.82, 2.24) is 5.32 Å². The molecule has 5 nitrogen and oxygen atoms in total. The SMILES string of the molecule is CCOC(=O)c1c(NC(=S)NC(=O)/C=C\c2cccs2)sc2c1CCCC2. The first-order valence-electron chi connectivity index (χ1n) is 8.73. The minimum atomic E-state index is -0.342. The van der Waals surface area contributed by atoms with E-state index in [9.17, 15) is 9.59 Å². The fourth-order valence-corrected chi connectivity index (χ4v) is 5.07. The molecule has 0 saturated heterocycles. The first-order chi connectivity index (χ1) is 13.1. The van der Waals surface area contributed by atoms with Gasteiger partial charge in [-0.1, -0.05) is 6.07 Å². The molecule has 1 aliphatic rings. The second-order valence-corrected chi connectivity index (χ2v) is 8.42. The number of carbonyl (C=O) groups excluding carboxylic acids is 2. The minimum absolute atomic E-state index is 0.167. The van der Waals surface area contributed by atoms with Gasteiger partial charge in [0.05, 0.1) is 12.2 Å². The zero-order chi connectivity index (χ0) is 19.2. The number of aryl methyl sites for hydroxylation is 1. The number of ether oxygens (including phenoxy) is 1. The largest absolute Gasteiger partial charge is 0.462 e. The molecule has 2 aromatic heterocycles. The quantitative estimate of drug-likeness (QED) is 0.427.